The van der Waals surface area contributed by atoms with Gasteiger partial charge in [0.15, 0.2) is 9.84 Å². The minimum atomic E-state index is -5.11. The lowest BCUT2D eigenvalue weighted by atomic mass is 9.72. The van der Waals surface area contributed by atoms with E-state index in [0.717, 1.165) is 24.4 Å². The van der Waals surface area contributed by atoms with Gasteiger partial charge in [0, 0.05) is 17.4 Å². The first-order valence-corrected chi connectivity index (χ1v) is 9.69. The molecule has 5 nitrogen and oxygen atoms in total. The molecule has 1 aromatic carbocycles. The number of benzene rings is 1. The summed E-state index contributed by atoms with van der Waals surface area (Å²) >= 11 is 0. The maximum atomic E-state index is 14.5. The van der Waals surface area contributed by atoms with Crippen LogP contribution in [0.5, 0.6) is 0 Å². The van der Waals surface area contributed by atoms with Crippen molar-refractivity contribution in [1.29, 1.82) is 0 Å². The molecule has 10 heteroatoms. The van der Waals surface area contributed by atoms with Gasteiger partial charge in [-0.1, -0.05) is 0 Å². The van der Waals surface area contributed by atoms with Crippen LogP contribution in [-0.4, -0.2) is 30.6 Å². The summed E-state index contributed by atoms with van der Waals surface area (Å²) in [6.45, 7) is 2.54. The van der Waals surface area contributed by atoms with E-state index in [0.29, 0.717) is 6.07 Å². The second-order valence-corrected chi connectivity index (χ2v) is 9.23. The number of aromatic amines is 1. The van der Waals surface area contributed by atoms with E-state index in [1.54, 1.807) is 0 Å². The Kier molecular flexibility index (Phi) is 4.37. The van der Waals surface area contributed by atoms with Crippen molar-refractivity contribution in [2.75, 3.05) is 11.1 Å². The molecule has 2 aromatic rings. The fourth-order valence-electron chi connectivity index (χ4n) is 3.23. The molecule has 0 aliphatic carbocycles. The molecule has 2 N–H and O–H groups in total. The van der Waals surface area contributed by atoms with Crippen molar-refractivity contribution in [3.8, 4) is 0 Å². The summed E-state index contributed by atoms with van der Waals surface area (Å²) in [5.41, 5.74) is -5.62. The Hall–Kier alpha value is -2.36. The highest BCUT2D eigenvalue weighted by atomic mass is 32.2. The van der Waals surface area contributed by atoms with Crippen LogP contribution in [-0.2, 0) is 15.3 Å². The highest BCUT2D eigenvalue weighted by molar-refractivity contribution is 7.92. The quantitative estimate of drug-likeness (QED) is 0.770. The first kappa shape index (κ1) is 19.4. The van der Waals surface area contributed by atoms with Gasteiger partial charge in [-0.25, -0.2) is 12.8 Å². The Morgan fingerprint density at radius 2 is 1.81 bits per heavy atom. The molecule has 146 valence electrons. The molecule has 0 radical (unpaired) electrons. The van der Waals surface area contributed by atoms with Crippen molar-refractivity contribution in [3.63, 3.8) is 0 Å². The molecule has 1 aliphatic rings. The van der Waals surface area contributed by atoms with Gasteiger partial charge >= 0.3 is 6.18 Å². The van der Waals surface area contributed by atoms with Crippen LogP contribution in [0.15, 0.2) is 35.3 Å². The van der Waals surface area contributed by atoms with E-state index >= 15 is 0 Å². The predicted molar refractivity (Wildman–Crippen MR) is 92.5 cm³/mol. The van der Waals surface area contributed by atoms with Crippen LogP contribution < -0.4 is 10.9 Å². The highest BCUT2D eigenvalue weighted by Crippen LogP contribution is 2.54. The molecule has 0 bridgehead atoms. The predicted octanol–water partition coefficient (Wildman–Crippen LogP) is 3.24. The number of H-pyrrole nitrogens is 1. The molecule has 0 spiro atoms. The standard InChI is InChI=1S/C17H16F4N2O3S/c1-9(2)27(25,26)8-16(17(19,20)21)11-5-6-22-15(24)14(11)23-13-4-3-10(18)7-12(13)16/h3-7,9,23H,8H2,1-2H3,(H,22,24). The zero-order chi connectivity index (χ0) is 20.2. The molecule has 1 unspecified atom stereocenters. The minimum Gasteiger partial charge on any atom is -0.351 e. The van der Waals surface area contributed by atoms with Crippen molar-refractivity contribution in [1.82, 2.24) is 4.98 Å². The molecule has 1 aliphatic heterocycles. The van der Waals surface area contributed by atoms with Crippen LogP contribution >= 0.6 is 0 Å². The highest BCUT2D eigenvalue weighted by Gasteiger charge is 2.62. The van der Waals surface area contributed by atoms with Crippen molar-refractivity contribution >= 4 is 21.2 Å². The summed E-state index contributed by atoms with van der Waals surface area (Å²) in [7, 11) is -4.23. The summed E-state index contributed by atoms with van der Waals surface area (Å²) in [4.78, 5) is 14.4. The number of fused-ring (bicyclic) bond motifs is 2. The van der Waals surface area contributed by atoms with Gasteiger partial charge < -0.3 is 10.3 Å². The van der Waals surface area contributed by atoms with Crippen molar-refractivity contribution in [2.45, 2.75) is 30.7 Å². The Bertz CT molecular complexity index is 1060. The monoisotopic (exact) mass is 404 g/mol. The van der Waals surface area contributed by atoms with E-state index in [-0.39, 0.29) is 5.69 Å². The minimum absolute atomic E-state index is 0.170. The number of pyridine rings is 1. The fraction of sp³-hybridized carbons (Fsp3) is 0.353. The van der Waals surface area contributed by atoms with E-state index in [9.17, 15) is 30.8 Å². The van der Waals surface area contributed by atoms with E-state index < -0.39 is 60.6 Å². The van der Waals surface area contributed by atoms with Gasteiger partial charge in [0.1, 0.15) is 16.9 Å². The molecular formula is C17H16F4N2O3S. The summed E-state index contributed by atoms with van der Waals surface area (Å²) < 4.78 is 82.4. The van der Waals surface area contributed by atoms with E-state index in [1.165, 1.54) is 13.8 Å². The molecule has 1 atom stereocenters. The average molecular weight is 404 g/mol. The first-order valence-electron chi connectivity index (χ1n) is 7.97. The second-order valence-electron chi connectivity index (χ2n) is 6.67. The molecule has 3 rings (SSSR count). The van der Waals surface area contributed by atoms with Gasteiger partial charge in [0.2, 0.25) is 0 Å². The number of sulfone groups is 1. The summed E-state index contributed by atoms with van der Waals surface area (Å²) in [5, 5.41) is 1.48. The number of alkyl halides is 3. The third-order valence-corrected chi connectivity index (χ3v) is 7.01. The average Bonchev–Trinajstić information content (AvgIpc) is 2.54. The molecule has 27 heavy (non-hydrogen) atoms. The van der Waals surface area contributed by atoms with Gasteiger partial charge in [-0.3, -0.25) is 4.79 Å². The maximum Gasteiger partial charge on any atom is 0.403 e. The molecule has 0 saturated heterocycles. The SMILES string of the molecule is CC(C)S(=O)(=O)CC1(C(F)(F)F)c2cc(F)ccc2Nc2c1cc[nH]c2=O. The lowest BCUT2D eigenvalue weighted by Gasteiger charge is -2.41. The number of hydrogen-bond acceptors (Lipinski definition) is 4. The summed E-state index contributed by atoms with van der Waals surface area (Å²) in [5.74, 6) is -2.28. The molecule has 0 saturated carbocycles. The number of hydrogen-bond donors (Lipinski definition) is 2. The van der Waals surface area contributed by atoms with Crippen LogP contribution in [0, 0.1) is 5.82 Å². The van der Waals surface area contributed by atoms with E-state index in [4.69, 9.17) is 0 Å². The molecule has 2 heterocycles. The first-order chi connectivity index (χ1) is 12.4. The van der Waals surface area contributed by atoms with Gasteiger partial charge in [-0.05, 0) is 43.7 Å². The van der Waals surface area contributed by atoms with E-state index in [1.807, 2.05) is 0 Å². The Morgan fingerprint density at radius 3 is 2.41 bits per heavy atom. The molecular weight excluding hydrogens is 388 g/mol. The van der Waals surface area contributed by atoms with Gasteiger partial charge in [0.05, 0.1) is 11.0 Å². The number of rotatable bonds is 3. The summed E-state index contributed by atoms with van der Waals surface area (Å²) in [6.07, 6.45) is -4.10. The number of nitrogens with one attached hydrogen (secondary N) is 2. The van der Waals surface area contributed by atoms with Gasteiger partial charge in [-0.15, -0.1) is 0 Å². The molecule has 0 amide bonds. The lowest BCUT2D eigenvalue weighted by molar-refractivity contribution is -0.172. The Labute approximate surface area is 152 Å². The van der Waals surface area contributed by atoms with Crippen molar-refractivity contribution in [3.05, 3.63) is 57.8 Å². The van der Waals surface area contributed by atoms with Crippen LogP contribution in [0.4, 0.5) is 28.9 Å². The maximum absolute atomic E-state index is 14.5. The van der Waals surface area contributed by atoms with Crippen molar-refractivity contribution < 1.29 is 26.0 Å². The summed E-state index contributed by atoms with van der Waals surface area (Å²) in [6, 6.07) is 3.66. The third-order valence-electron chi connectivity index (χ3n) is 4.74. The lowest BCUT2D eigenvalue weighted by Crippen LogP contribution is -2.52. The third kappa shape index (κ3) is 2.91. The van der Waals surface area contributed by atoms with Crippen LogP contribution in [0.2, 0.25) is 0 Å². The second kappa shape index (κ2) is 6.08. The Balaban J connectivity index is 2.47. The molecule has 1 aromatic heterocycles. The van der Waals surface area contributed by atoms with Crippen LogP contribution in [0.1, 0.15) is 25.0 Å². The smallest absolute Gasteiger partial charge is 0.351 e. The number of anilines is 2. The van der Waals surface area contributed by atoms with Crippen LogP contribution in [0.3, 0.4) is 0 Å². The van der Waals surface area contributed by atoms with Gasteiger partial charge in [-0.2, -0.15) is 13.2 Å². The largest absolute Gasteiger partial charge is 0.403 e. The normalized spacial score (nSPS) is 19.4. The fourth-order valence-corrected chi connectivity index (χ4v) is 4.64. The topological polar surface area (TPSA) is 79.0 Å². The van der Waals surface area contributed by atoms with Crippen LogP contribution in [0.25, 0.3) is 0 Å². The van der Waals surface area contributed by atoms with Crippen molar-refractivity contribution in [2.24, 2.45) is 0 Å². The molecule has 0 fully saturated rings. The van der Waals surface area contributed by atoms with E-state index in [2.05, 4.69) is 10.3 Å². The van der Waals surface area contributed by atoms with Gasteiger partial charge in [0.25, 0.3) is 5.56 Å². The zero-order valence-corrected chi connectivity index (χ0v) is 15.1. The zero-order valence-electron chi connectivity index (χ0n) is 14.3. The number of halogens is 4. The Morgan fingerprint density at radius 1 is 1.15 bits per heavy atom. The number of aromatic nitrogens is 1.